The first kappa shape index (κ1) is 16.8. The molecule has 0 amide bonds. The Labute approximate surface area is 146 Å². The number of nitro groups is 2. The highest BCUT2D eigenvalue weighted by molar-refractivity contribution is 5.39. The zero-order valence-electron chi connectivity index (χ0n) is 13.0. The SMILES string of the molecule is O=[N+]([O-])c1ccc(Oc2cncc(Oc3ccc([N+](=O)[O-])cc3)n2)cc1. The van der Waals surface area contributed by atoms with E-state index in [1.165, 1.54) is 60.9 Å². The summed E-state index contributed by atoms with van der Waals surface area (Å²) in [4.78, 5) is 28.3. The first-order chi connectivity index (χ1) is 12.5. The van der Waals surface area contributed by atoms with Gasteiger partial charge in [0, 0.05) is 24.3 Å². The van der Waals surface area contributed by atoms with Crippen LogP contribution >= 0.6 is 0 Å². The molecule has 0 atom stereocenters. The number of nitro benzene ring substituents is 2. The van der Waals surface area contributed by atoms with E-state index in [2.05, 4.69) is 9.97 Å². The summed E-state index contributed by atoms with van der Waals surface area (Å²) in [5.41, 5.74) is -0.114. The maximum atomic E-state index is 10.6. The van der Waals surface area contributed by atoms with Gasteiger partial charge in [0.1, 0.15) is 11.5 Å². The molecule has 0 N–H and O–H groups in total. The molecule has 1 aromatic heterocycles. The van der Waals surface area contributed by atoms with E-state index in [-0.39, 0.29) is 23.1 Å². The molecule has 2 aromatic carbocycles. The smallest absolute Gasteiger partial charge is 0.269 e. The van der Waals surface area contributed by atoms with E-state index in [1.807, 2.05) is 0 Å². The molecular weight excluding hydrogens is 344 g/mol. The summed E-state index contributed by atoms with van der Waals surface area (Å²) in [6, 6.07) is 11.0. The first-order valence-electron chi connectivity index (χ1n) is 7.18. The van der Waals surface area contributed by atoms with E-state index in [4.69, 9.17) is 9.47 Å². The van der Waals surface area contributed by atoms with Crippen molar-refractivity contribution in [3.05, 3.63) is 81.2 Å². The van der Waals surface area contributed by atoms with Crippen LogP contribution in [0.4, 0.5) is 11.4 Å². The third kappa shape index (κ3) is 4.06. The molecule has 0 saturated heterocycles. The van der Waals surface area contributed by atoms with E-state index in [0.717, 1.165) is 0 Å². The Morgan fingerprint density at radius 2 is 1.08 bits per heavy atom. The van der Waals surface area contributed by atoms with Gasteiger partial charge in [0.25, 0.3) is 11.4 Å². The molecule has 3 rings (SSSR count). The van der Waals surface area contributed by atoms with Gasteiger partial charge in [-0.1, -0.05) is 0 Å². The van der Waals surface area contributed by atoms with Gasteiger partial charge in [0.05, 0.1) is 22.2 Å². The Balaban J connectivity index is 1.71. The van der Waals surface area contributed by atoms with Crippen molar-refractivity contribution in [2.75, 3.05) is 0 Å². The molecule has 0 saturated carbocycles. The minimum Gasteiger partial charge on any atom is -0.437 e. The highest BCUT2D eigenvalue weighted by Crippen LogP contribution is 2.26. The number of non-ortho nitro benzene ring substituents is 2. The van der Waals surface area contributed by atoms with Gasteiger partial charge in [-0.3, -0.25) is 25.2 Å². The molecule has 0 radical (unpaired) electrons. The fourth-order valence-corrected chi connectivity index (χ4v) is 1.94. The summed E-state index contributed by atoms with van der Waals surface area (Å²) < 4.78 is 11.0. The fourth-order valence-electron chi connectivity index (χ4n) is 1.94. The van der Waals surface area contributed by atoms with Gasteiger partial charge in [0.2, 0.25) is 11.8 Å². The van der Waals surface area contributed by atoms with Crippen molar-refractivity contribution in [1.82, 2.24) is 9.97 Å². The van der Waals surface area contributed by atoms with Crippen LogP contribution in [0.15, 0.2) is 60.9 Å². The Bertz CT molecular complexity index is 869. The van der Waals surface area contributed by atoms with Gasteiger partial charge in [0.15, 0.2) is 0 Å². The predicted octanol–water partition coefficient (Wildman–Crippen LogP) is 3.88. The van der Waals surface area contributed by atoms with Crippen molar-refractivity contribution in [3.63, 3.8) is 0 Å². The Kier molecular flexibility index (Phi) is 4.65. The number of aromatic nitrogens is 2. The summed E-state index contributed by atoms with van der Waals surface area (Å²) in [6.07, 6.45) is 2.70. The number of hydrogen-bond donors (Lipinski definition) is 0. The largest absolute Gasteiger partial charge is 0.437 e. The van der Waals surface area contributed by atoms with E-state index >= 15 is 0 Å². The summed E-state index contributed by atoms with van der Waals surface area (Å²) in [7, 11) is 0. The average Bonchev–Trinajstić information content (AvgIpc) is 2.63. The maximum absolute atomic E-state index is 10.6. The van der Waals surface area contributed by atoms with Crippen LogP contribution in [0.3, 0.4) is 0 Å². The van der Waals surface area contributed by atoms with Crippen molar-refractivity contribution in [2.24, 2.45) is 0 Å². The van der Waals surface area contributed by atoms with Crippen molar-refractivity contribution < 1.29 is 19.3 Å². The minimum absolute atomic E-state index is 0.0568. The van der Waals surface area contributed by atoms with Gasteiger partial charge in [-0.25, -0.2) is 0 Å². The lowest BCUT2D eigenvalue weighted by Gasteiger charge is -2.07. The van der Waals surface area contributed by atoms with Crippen LogP contribution in [0.1, 0.15) is 0 Å². The fraction of sp³-hybridized carbons (Fsp3) is 0. The average molecular weight is 354 g/mol. The lowest BCUT2D eigenvalue weighted by atomic mass is 10.3. The number of nitrogens with zero attached hydrogens (tertiary/aromatic N) is 4. The molecule has 0 spiro atoms. The standard InChI is InChI=1S/C16H10N4O6/c21-19(22)11-1-5-13(6-2-11)25-15-9-17-10-16(18-15)26-14-7-3-12(4-8-14)20(23)24/h1-10H. The van der Waals surface area contributed by atoms with Crippen LogP contribution < -0.4 is 9.47 Å². The summed E-state index contributed by atoms with van der Waals surface area (Å²) in [6.45, 7) is 0. The summed E-state index contributed by atoms with van der Waals surface area (Å²) in [5.74, 6) is 0.936. The highest BCUT2D eigenvalue weighted by Gasteiger charge is 2.09. The van der Waals surface area contributed by atoms with Crippen molar-refractivity contribution in [2.45, 2.75) is 0 Å². The lowest BCUT2D eigenvalue weighted by Crippen LogP contribution is -1.94. The van der Waals surface area contributed by atoms with Gasteiger partial charge in [-0.05, 0) is 24.3 Å². The molecule has 130 valence electrons. The van der Waals surface area contributed by atoms with Crippen molar-refractivity contribution in [3.8, 4) is 23.3 Å². The van der Waals surface area contributed by atoms with Crippen LogP contribution in [-0.4, -0.2) is 19.8 Å². The van der Waals surface area contributed by atoms with Crippen LogP contribution in [0, 0.1) is 20.2 Å². The minimum atomic E-state index is -0.512. The van der Waals surface area contributed by atoms with E-state index in [1.54, 1.807) is 0 Å². The topological polar surface area (TPSA) is 131 Å². The number of rotatable bonds is 6. The summed E-state index contributed by atoms with van der Waals surface area (Å²) >= 11 is 0. The Morgan fingerprint density at radius 3 is 1.42 bits per heavy atom. The monoisotopic (exact) mass is 354 g/mol. The van der Waals surface area contributed by atoms with Crippen LogP contribution in [0.2, 0.25) is 0 Å². The van der Waals surface area contributed by atoms with Crippen molar-refractivity contribution in [1.29, 1.82) is 0 Å². The van der Waals surface area contributed by atoms with Gasteiger partial charge in [-0.15, -0.1) is 0 Å². The second-order valence-electron chi connectivity index (χ2n) is 4.90. The van der Waals surface area contributed by atoms with Crippen LogP contribution in [0.5, 0.6) is 23.3 Å². The molecule has 0 aliphatic carbocycles. The van der Waals surface area contributed by atoms with Gasteiger partial charge in [-0.2, -0.15) is 4.98 Å². The second kappa shape index (κ2) is 7.21. The van der Waals surface area contributed by atoms with E-state index in [9.17, 15) is 20.2 Å². The molecule has 0 bridgehead atoms. The van der Waals surface area contributed by atoms with Crippen molar-refractivity contribution >= 4 is 11.4 Å². The molecule has 0 aliphatic heterocycles. The molecular formula is C16H10N4O6. The lowest BCUT2D eigenvalue weighted by molar-refractivity contribution is -0.385. The molecule has 0 unspecified atom stereocenters. The summed E-state index contributed by atoms with van der Waals surface area (Å²) in [5, 5.41) is 21.3. The predicted molar refractivity (Wildman–Crippen MR) is 88.4 cm³/mol. The molecule has 10 nitrogen and oxygen atoms in total. The molecule has 0 fully saturated rings. The zero-order chi connectivity index (χ0) is 18.5. The van der Waals surface area contributed by atoms with E-state index in [0.29, 0.717) is 11.5 Å². The normalized spacial score (nSPS) is 10.2. The zero-order valence-corrected chi connectivity index (χ0v) is 13.0. The molecule has 26 heavy (non-hydrogen) atoms. The molecule has 1 heterocycles. The second-order valence-corrected chi connectivity index (χ2v) is 4.90. The quantitative estimate of drug-likeness (QED) is 0.481. The van der Waals surface area contributed by atoms with Gasteiger partial charge >= 0.3 is 0 Å². The first-order valence-corrected chi connectivity index (χ1v) is 7.18. The molecule has 10 heteroatoms. The van der Waals surface area contributed by atoms with Gasteiger partial charge < -0.3 is 9.47 Å². The van der Waals surface area contributed by atoms with Crippen LogP contribution in [-0.2, 0) is 0 Å². The molecule has 3 aromatic rings. The third-order valence-corrected chi connectivity index (χ3v) is 3.13. The Morgan fingerprint density at radius 1 is 0.692 bits per heavy atom. The number of ether oxygens (including phenoxy) is 2. The van der Waals surface area contributed by atoms with Crippen LogP contribution in [0.25, 0.3) is 0 Å². The molecule has 0 aliphatic rings. The maximum Gasteiger partial charge on any atom is 0.269 e. The Hall–Kier alpha value is -4.08. The third-order valence-electron chi connectivity index (χ3n) is 3.13. The highest BCUT2D eigenvalue weighted by atomic mass is 16.6. The van der Waals surface area contributed by atoms with E-state index < -0.39 is 9.85 Å². The number of hydrogen-bond acceptors (Lipinski definition) is 8. The number of benzene rings is 2.